The summed E-state index contributed by atoms with van der Waals surface area (Å²) in [5.74, 6) is 1.47. The first kappa shape index (κ1) is 20.8. The minimum absolute atomic E-state index is 0.136. The number of carbonyl (C=O) groups is 1. The fourth-order valence-electron chi connectivity index (χ4n) is 2.36. The molecule has 0 atom stereocenters. The molecule has 0 aliphatic rings. The van der Waals surface area contributed by atoms with Gasteiger partial charge in [0.15, 0.2) is 18.1 Å². The van der Waals surface area contributed by atoms with E-state index in [1.165, 1.54) is 6.21 Å². The number of ether oxygens (including phenoxy) is 3. The number of carbonyl (C=O) groups excluding carboxylic acids is 1. The number of allylic oxidation sites excluding steroid dienone is 1. The minimum Gasteiger partial charge on any atom is -0.493 e. The number of hydrogen-bond donors (Lipinski definition) is 1. The van der Waals surface area contributed by atoms with Crippen LogP contribution in [0.1, 0.15) is 11.1 Å². The van der Waals surface area contributed by atoms with Crippen LogP contribution in [0, 0.1) is 0 Å². The van der Waals surface area contributed by atoms with Gasteiger partial charge in [-0.05, 0) is 41.8 Å². The van der Waals surface area contributed by atoms with Gasteiger partial charge in [0.2, 0.25) is 0 Å². The first-order valence-corrected chi connectivity index (χ1v) is 8.73. The molecular weight excluding hydrogens is 356 g/mol. The van der Waals surface area contributed by atoms with Crippen molar-refractivity contribution in [2.75, 3.05) is 20.3 Å². The van der Waals surface area contributed by atoms with E-state index < -0.39 is 0 Å². The number of nitrogens with zero attached hydrogens (tertiary/aromatic N) is 1. The largest absolute Gasteiger partial charge is 0.493 e. The molecule has 0 aliphatic carbocycles. The third kappa shape index (κ3) is 6.32. The van der Waals surface area contributed by atoms with Crippen molar-refractivity contribution in [1.82, 2.24) is 5.43 Å². The van der Waals surface area contributed by atoms with Crippen molar-refractivity contribution in [3.63, 3.8) is 0 Å². The summed E-state index contributed by atoms with van der Waals surface area (Å²) in [6.07, 6.45) is 5.63. The molecule has 0 spiro atoms. The molecule has 0 unspecified atom stereocenters. The Kier molecular flexibility index (Phi) is 8.33. The van der Waals surface area contributed by atoms with Crippen LogP contribution in [-0.2, 0) is 11.2 Å². The van der Waals surface area contributed by atoms with Gasteiger partial charge in [0.1, 0.15) is 12.4 Å². The summed E-state index contributed by atoms with van der Waals surface area (Å²) in [6, 6.07) is 12.9. The molecule has 2 aromatic carbocycles. The monoisotopic (exact) mass is 380 g/mol. The van der Waals surface area contributed by atoms with Crippen molar-refractivity contribution < 1.29 is 19.0 Å². The van der Waals surface area contributed by atoms with Crippen LogP contribution in [0.25, 0.3) is 0 Å². The molecule has 28 heavy (non-hydrogen) atoms. The van der Waals surface area contributed by atoms with Crippen LogP contribution in [0.15, 0.2) is 72.9 Å². The van der Waals surface area contributed by atoms with Crippen LogP contribution < -0.4 is 19.6 Å². The predicted octanol–water partition coefficient (Wildman–Crippen LogP) is 3.52. The smallest absolute Gasteiger partial charge is 0.277 e. The Morgan fingerprint density at radius 1 is 1.07 bits per heavy atom. The zero-order chi connectivity index (χ0) is 20.2. The Labute approximate surface area is 165 Å². The number of methoxy groups -OCH3 is 1. The molecule has 2 aromatic rings. The van der Waals surface area contributed by atoms with Gasteiger partial charge in [0.25, 0.3) is 5.91 Å². The number of rotatable bonds is 11. The van der Waals surface area contributed by atoms with E-state index in [2.05, 4.69) is 23.7 Å². The maximum Gasteiger partial charge on any atom is 0.277 e. The molecule has 6 nitrogen and oxygen atoms in total. The minimum atomic E-state index is -0.359. The van der Waals surface area contributed by atoms with Crippen molar-refractivity contribution >= 4 is 12.1 Å². The summed E-state index contributed by atoms with van der Waals surface area (Å²) >= 11 is 0. The third-order valence-corrected chi connectivity index (χ3v) is 3.64. The quantitative estimate of drug-likeness (QED) is 0.368. The molecule has 1 amide bonds. The second-order valence-electron chi connectivity index (χ2n) is 5.69. The van der Waals surface area contributed by atoms with Gasteiger partial charge in [-0.1, -0.05) is 36.9 Å². The number of nitrogens with one attached hydrogen (secondary N) is 1. The summed E-state index contributed by atoms with van der Waals surface area (Å²) in [5, 5.41) is 3.95. The third-order valence-electron chi connectivity index (χ3n) is 3.64. The first-order valence-electron chi connectivity index (χ1n) is 8.73. The Morgan fingerprint density at radius 3 is 2.64 bits per heavy atom. The van der Waals surface area contributed by atoms with Gasteiger partial charge in [0.05, 0.1) is 13.3 Å². The lowest BCUT2D eigenvalue weighted by atomic mass is 10.1. The maximum atomic E-state index is 11.9. The molecule has 0 aliphatic heterocycles. The van der Waals surface area contributed by atoms with E-state index in [1.807, 2.05) is 24.3 Å². The fraction of sp³-hybridized carbons (Fsp3) is 0.182. The highest BCUT2D eigenvalue weighted by Crippen LogP contribution is 2.27. The SMILES string of the molecule is C=CCOc1ccc(C=NNC(=O)COc2ccccc2CC=C)cc1OC. The van der Waals surface area contributed by atoms with E-state index in [0.29, 0.717) is 30.3 Å². The van der Waals surface area contributed by atoms with Gasteiger partial charge in [-0.2, -0.15) is 5.10 Å². The molecule has 0 saturated heterocycles. The zero-order valence-electron chi connectivity index (χ0n) is 15.9. The number of para-hydroxylation sites is 1. The van der Waals surface area contributed by atoms with E-state index in [4.69, 9.17) is 14.2 Å². The van der Waals surface area contributed by atoms with Gasteiger partial charge in [-0.15, -0.1) is 6.58 Å². The topological polar surface area (TPSA) is 69.2 Å². The molecule has 2 rings (SSSR count). The highest BCUT2D eigenvalue weighted by Gasteiger charge is 2.06. The average molecular weight is 380 g/mol. The lowest BCUT2D eigenvalue weighted by Gasteiger charge is -2.10. The van der Waals surface area contributed by atoms with Crippen LogP contribution in [0.4, 0.5) is 0 Å². The van der Waals surface area contributed by atoms with E-state index in [1.54, 1.807) is 37.5 Å². The standard InChI is InChI=1S/C22H24N2O4/c1-4-8-18-9-6-7-10-19(18)28-16-22(25)24-23-15-17-11-12-20(27-13-5-2)21(14-17)26-3/h4-7,9-12,14-15H,1-2,8,13,16H2,3H3,(H,24,25). The molecule has 146 valence electrons. The van der Waals surface area contributed by atoms with Crippen LogP contribution in [0.3, 0.4) is 0 Å². The summed E-state index contributed by atoms with van der Waals surface area (Å²) in [5.41, 5.74) is 4.16. The van der Waals surface area contributed by atoms with E-state index >= 15 is 0 Å². The molecule has 1 N–H and O–H groups in total. The molecule has 0 saturated carbocycles. The summed E-state index contributed by atoms with van der Waals surface area (Å²) in [6.45, 7) is 7.58. The van der Waals surface area contributed by atoms with Crippen LogP contribution >= 0.6 is 0 Å². The number of amides is 1. The van der Waals surface area contributed by atoms with Crippen molar-refractivity contribution in [3.8, 4) is 17.2 Å². The number of hydrazone groups is 1. The maximum absolute atomic E-state index is 11.9. The van der Waals surface area contributed by atoms with Crippen molar-refractivity contribution in [2.45, 2.75) is 6.42 Å². The van der Waals surface area contributed by atoms with Crippen molar-refractivity contribution in [2.24, 2.45) is 5.10 Å². The summed E-state index contributed by atoms with van der Waals surface area (Å²) in [7, 11) is 1.56. The Bertz CT molecular complexity index is 846. The van der Waals surface area contributed by atoms with Gasteiger partial charge in [-0.25, -0.2) is 5.43 Å². The molecule has 0 bridgehead atoms. The average Bonchev–Trinajstić information content (AvgIpc) is 2.72. The lowest BCUT2D eigenvalue weighted by Crippen LogP contribution is -2.24. The van der Waals surface area contributed by atoms with Crippen LogP contribution in [0.2, 0.25) is 0 Å². The van der Waals surface area contributed by atoms with E-state index in [9.17, 15) is 4.79 Å². The zero-order valence-corrected chi connectivity index (χ0v) is 15.9. The molecule has 6 heteroatoms. The Hall–Kier alpha value is -3.54. The van der Waals surface area contributed by atoms with Crippen LogP contribution in [-0.4, -0.2) is 32.4 Å². The molecule has 0 radical (unpaired) electrons. The second kappa shape index (κ2) is 11.2. The highest BCUT2D eigenvalue weighted by atomic mass is 16.5. The highest BCUT2D eigenvalue weighted by molar-refractivity contribution is 5.83. The molecule has 0 aromatic heterocycles. The van der Waals surface area contributed by atoms with Gasteiger partial charge >= 0.3 is 0 Å². The molecule has 0 fully saturated rings. The number of benzene rings is 2. The van der Waals surface area contributed by atoms with E-state index in [0.717, 1.165) is 11.1 Å². The van der Waals surface area contributed by atoms with Gasteiger partial charge < -0.3 is 14.2 Å². The van der Waals surface area contributed by atoms with Gasteiger partial charge in [-0.3, -0.25) is 4.79 Å². The Balaban J connectivity index is 1.89. The van der Waals surface area contributed by atoms with Crippen LogP contribution in [0.5, 0.6) is 17.2 Å². The molecule has 0 heterocycles. The first-order chi connectivity index (χ1) is 13.7. The normalized spacial score (nSPS) is 10.3. The second-order valence-corrected chi connectivity index (χ2v) is 5.69. The predicted molar refractivity (Wildman–Crippen MR) is 110 cm³/mol. The van der Waals surface area contributed by atoms with Gasteiger partial charge in [0, 0.05) is 0 Å². The summed E-state index contributed by atoms with van der Waals surface area (Å²) in [4.78, 5) is 11.9. The van der Waals surface area contributed by atoms with Crippen molar-refractivity contribution in [3.05, 3.63) is 78.9 Å². The molecular formula is C22H24N2O4. The summed E-state index contributed by atoms with van der Waals surface area (Å²) < 4.78 is 16.4. The lowest BCUT2D eigenvalue weighted by molar-refractivity contribution is -0.123. The van der Waals surface area contributed by atoms with Crippen molar-refractivity contribution in [1.29, 1.82) is 0 Å². The fourth-order valence-corrected chi connectivity index (χ4v) is 2.36. The Morgan fingerprint density at radius 2 is 1.89 bits per heavy atom. The number of hydrogen-bond acceptors (Lipinski definition) is 5. The van der Waals surface area contributed by atoms with E-state index in [-0.39, 0.29) is 12.5 Å².